The highest BCUT2D eigenvalue weighted by Gasteiger charge is 1.94. The highest BCUT2D eigenvalue weighted by atomic mass is 15.1. The maximum Gasteiger partial charge on any atom is 0.0656 e. The molecule has 3 nitrogen and oxygen atoms in total. The smallest absolute Gasteiger partial charge is 0.0656 e. The van der Waals surface area contributed by atoms with Crippen LogP contribution in [0.25, 0.3) is 17.0 Å². The fourth-order valence-corrected chi connectivity index (χ4v) is 1.26. The Balaban J connectivity index is 2.42. The number of nitrogens with zero attached hydrogens (tertiary/aromatic N) is 1. The number of aromatic nitrogens is 2. The largest absolute Gasteiger partial charge is 0.327 e. The van der Waals surface area contributed by atoms with E-state index in [1.807, 2.05) is 30.5 Å². The van der Waals surface area contributed by atoms with E-state index in [0.717, 1.165) is 16.5 Å². The Hall–Kier alpha value is -1.61. The van der Waals surface area contributed by atoms with E-state index < -0.39 is 0 Å². The van der Waals surface area contributed by atoms with Gasteiger partial charge in [0.05, 0.1) is 11.7 Å². The van der Waals surface area contributed by atoms with E-state index in [-0.39, 0.29) is 0 Å². The number of benzene rings is 1. The molecular formula is C10H11N3. The molecule has 0 aliphatic heterocycles. The Kier molecular flexibility index (Phi) is 2.10. The molecule has 0 saturated heterocycles. The normalized spacial score (nSPS) is 11.5. The van der Waals surface area contributed by atoms with Crippen molar-refractivity contribution in [3.8, 4) is 0 Å². The summed E-state index contributed by atoms with van der Waals surface area (Å²) in [5.74, 6) is 0. The third kappa shape index (κ3) is 1.60. The standard InChI is InChI=1S/C10H11N3/c11-5-1-2-8-3-4-9-7-12-13-10(9)6-8/h1-4,6-7H,5,11H2,(H,12,13)/b2-1+. The van der Waals surface area contributed by atoms with Crippen molar-refractivity contribution in [2.24, 2.45) is 5.73 Å². The molecule has 0 fully saturated rings. The third-order valence-corrected chi connectivity index (χ3v) is 1.91. The van der Waals surface area contributed by atoms with E-state index in [9.17, 15) is 0 Å². The molecule has 0 saturated carbocycles. The average Bonchev–Trinajstić information content (AvgIpc) is 2.61. The van der Waals surface area contributed by atoms with Crippen molar-refractivity contribution in [3.63, 3.8) is 0 Å². The van der Waals surface area contributed by atoms with E-state index in [4.69, 9.17) is 5.73 Å². The van der Waals surface area contributed by atoms with Crippen LogP contribution in [0.15, 0.2) is 30.5 Å². The van der Waals surface area contributed by atoms with Gasteiger partial charge in [-0.05, 0) is 11.6 Å². The summed E-state index contributed by atoms with van der Waals surface area (Å²) in [5.41, 5.74) is 7.56. The predicted octanol–water partition coefficient (Wildman–Crippen LogP) is 1.53. The maximum atomic E-state index is 5.36. The molecule has 0 unspecified atom stereocenters. The first-order valence-corrected chi connectivity index (χ1v) is 4.20. The van der Waals surface area contributed by atoms with Crippen LogP contribution in [-0.4, -0.2) is 16.7 Å². The summed E-state index contributed by atoms with van der Waals surface area (Å²) in [5, 5.41) is 8.00. The van der Waals surface area contributed by atoms with Crippen molar-refractivity contribution in [2.75, 3.05) is 6.54 Å². The average molecular weight is 173 g/mol. The van der Waals surface area contributed by atoms with Crippen LogP contribution in [0.1, 0.15) is 5.56 Å². The van der Waals surface area contributed by atoms with E-state index >= 15 is 0 Å². The quantitative estimate of drug-likeness (QED) is 0.723. The van der Waals surface area contributed by atoms with Gasteiger partial charge in [-0.1, -0.05) is 24.3 Å². The summed E-state index contributed by atoms with van der Waals surface area (Å²) in [6.45, 7) is 0.570. The number of fused-ring (bicyclic) bond motifs is 1. The summed E-state index contributed by atoms with van der Waals surface area (Å²) in [7, 11) is 0. The molecule has 13 heavy (non-hydrogen) atoms. The number of hydrogen-bond acceptors (Lipinski definition) is 2. The van der Waals surface area contributed by atoms with Crippen LogP contribution in [0.5, 0.6) is 0 Å². The lowest BCUT2D eigenvalue weighted by Gasteiger charge is -1.92. The van der Waals surface area contributed by atoms with Crippen LogP contribution >= 0.6 is 0 Å². The number of aromatic amines is 1. The lowest BCUT2D eigenvalue weighted by atomic mass is 10.1. The van der Waals surface area contributed by atoms with Gasteiger partial charge < -0.3 is 5.73 Å². The number of nitrogens with one attached hydrogen (secondary N) is 1. The predicted molar refractivity (Wildman–Crippen MR) is 54.2 cm³/mol. The molecule has 1 heterocycles. The Labute approximate surface area is 76.3 Å². The lowest BCUT2D eigenvalue weighted by molar-refractivity contribution is 1.12. The second kappa shape index (κ2) is 3.41. The fraction of sp³-hybridized carbons (Fsp3) is 0.100. The zero-order valence-corrected chi connectivity index (χ0v) is 7.20. The summed E-state index contributed by atoms with van der Waals surface area (Å²) in [4.78, 5) is 0. The second-order valence-corrected chi connectivity index (χ2v) is 2.85. The molecule has 2 aromatic rings. The molecule has 66 valence electrons. The van der Waals surface area contributed by atoms with Crippen molar-refractivity contribution in [1.29, 1.82) is 0 Å². The van der Waals surface area contributed by atoms with Crippen LogP contribution in [0.2, 0.25) is 0 Å². The molecule has 0 radical (unpaired) electrons. The Morgan fingerprint density at radius 3 is 3.23 bits per heavy atom. The molecule has 0 aliphatic carbocycles. The summed E-state index contributed by atoms with van der Waals surface area (Å²) in [6.07, 6.45) is 5.74. The van der Waals surface area contributed by atoms with Gasteiger partial charge >= 0.3 is 0 Å². The van der Waals surface area contributed by atoms with Gasteiger partial charge in [0.1, 0.15) is 0 Å². The number of H-pyrrole nitrogens is 1. The molecule has 3 heteroatoms. The molecule has 0 amide bonds. The van der Waals surface area contributed by atoms with Crippen molar-refractivity contribution in [1.82, 2.24) is 10.2 Å². The van der Waals surface area contributed by atoms with Crippen LogP contribution in [0.3, 0.4) is 0 Å². The molecule has 0 aliphatic rings. The highest BCUT2D eigenvalue weighted by Crippen LogP contribution is 2.13. The second-order valence-electron chi connectivity index (χ2n) is 2.85. The van der Waals surface area contributed by atoms with Gasteiger partial charge in [-0.15, -0.1) is 0 Å². The first-order chi connectivity index (χ1) is 6.40. The zero-order valence-electron chi connectivity index (χ0n) is 7.20. The Bertz CT molecular complexity index is 428. The van der Waals surface area contributed by atoms with E-state index in [1.165, 1.54) is 0 Å². The lowest BCUT2D eigenvalue weighted by Crippen LogP contribution is -1.91. The minimum absolute atomic E-state index is 0.570. The fourth-order valence-electron chi connectivity index (χ4n) is 1.26. The number of hydrogen-bond donors (Lipinski definition) is 2. The number of nitrogens with two attached hydrogens (primary N) is 1. The minimum Gasteiger partial charge on any atom is -0.327 e. The summed E-state index contributed by atoms with van der Waals surface area (Å²) >= 11 is 0. The first-order valence-electron chi connectivity index (χ1n) is 4.20. The van der Waals surface area contributed by atoms with Crippen molar-refractivity contribution in [2.45, 2.75) is 0 Å². The highest BCUT2D eigenvalue weighted by molar-refractivity contribution is 5.80. The van der Waals surface area contributed by atoms with E-state index in [0.29, 0.717) is 6.54 Å². The van der Waals surface area contributed by atoms with Crippen molar-refractivity contribution in [3.05, 3.63) is 36.0 Å². The monoisotopic (exact) mass is 173 g/mol. The van der Waals surface area contributed by atoms with Crippen LogP contribution in [0, 0.1) is 0 Å². The summed E-state index contributed by atoms with van der Waals surface area (Å²) < 4.78 is 0. The molecule has 2 rings (SSSR count). The SMILES string of the molecule is NC/C=C/c1ccc2cn[nH]c2c1. The van der Waals surface area contributed by atoms with E-state index in [2.05, 4.69) is 16.3 Å². The molecule has 3 N–H and O–H groups in total. The maximum absolute atomic E-state index is 5.36. The molecule has 0 bridgehead atoms. The van der Waals surface area contributed by atoms with Crippen molar-refractivity contribution < 1.29 is 0 Å². The molecule has 1 aromatic carbocycles. The van der Waals surface area contributed by atoms with Gasteiger partial charge in [0.25, 0.3) is 0 Å². The van der Waals surface area contributed by atoms with Gasteiger partial charge in [-0.2, -0.15) is 5.10 Å². The van der Waals surface area contributed by atoms with Crippen LogP contribution < -0.4 is 5.73 Å². The third-order valence-electron chi connectivity index (χ3n) is 1.91. The van der Waals surface area contributed by atoms with E-state index in [1.54, 1.807) is 0 Å². The molecule has 0 spiro atoms. The zero-order chi connectivity index (χ0) is 9.10. The van der Waals surface area contributed by atoms with Crippen LogP contribution in [0.4, 0.5) is 0 Å². The molecule has 1 aromatic heterocycles. The Morgan fingerprint density at radius 2 is 2.38 bits per heavy atom. The Morgan fingerprint density at radius 1 is 1.46 bits per heavy atom. The van der Waals surface area contributed by atoms with Gasteiger partial charge in [-0.25, -0.2) is 0 Å². The van der Waals surface area contributed by atoms with Crippen molar-refractivity contribution >= 4 is 17.0 Å². The molecule has 0 atom stereocenters. The van der Waals surface area contributed by atoms with Gasteiger partial charge in [0.15, 0.2) is 0 Å². The minimum atomic E-state index is 0.570. The summed E-state index contributed by atoms with van der Waals surface area (Å²) in [6, 6.07) is 6.13. The topological polar surface area (TPSA) is 54.7 Å². The number of rotatable bonds is 2. The van der Waals surface area contributed by atoms with Gasteiger partial charge in [-0.3, -0.25) is 5.10 Å². The van der Waals surface area contributed by atoms with Crippen LogP contribution in [-0.2, 0) is 0 Å². The molecular weight excluding hydrogens is 162 g/mol. The van der Waals surface area contributed by atoms with Gasteiger partial charge in [0, 0.05) is 11.9 Å². The van der Waals surface area contributed by atoms with Gasteiger partial charge in [0.2, 0.25) is 0 Å². The first kappa shape index (κ1) is 8.01.